The number of allylic oxidation sites excluding steroid dienone is 1. The van der Waals surface area contributed by atoms with Crippen LogP contribution in [0.25, 0.3) is 0 Å². The van der Waals surface area contributed by atoms with Crippen LogP contribution < -0.4 is 16.6 Å². The molecule has 3 N–H and O–H groups in total. The minimum atomic E-state index is -0.425. The van der Waals surface area contributed by atoms with Crippen molar-refractivity contribution in [2.75, 3.05) is 16.8 Å². The molecule has 24 heavy (non-hydrogen) atoms. The van der Waals surface area contributed by atoms with E-state index in [0.29, 0.717) is 17.5 Å². The number of nitrogens with one attached hydrogen (secondary N) is 1. The first kappa shape index (κ1) is 17.8. The van der Waals surface area contributed by atoms with E-state index in [-0.39, 0.29) is 11.7 Å². The Balaban J connectivity index is 2.12. The minimum absolute atomic E-state index is 0.126. The van der Waals surface area contributed by atoms with Gasteiger partial charge in [-0.15, -0.1) is 6.58 Å². The van der Waals surface area contributed by atoms with Crippen molar-refractivity contribution in [2.45, 2.75) is 25.5 Å². The number of nitrogen functional groups attached to an aromatic ring is 1. The number of rotatable bonds is 6. The first-order valence-electron chi connectivity index (χ1n) is 7.39. The molecule has 1 amide bonds. The molecule has 0 spiro atoms. The van der Waals surface area contributed by atoms with Gasteiger partial charge in [0.15, 0.2) is 5.16 Å². The normalized spacial score (nSPS) is 10.4. The van der Waals surface area contributed by atoms with Crippen LogP contribution in [0.4, 0.5) is 11.5 Å². The maximum absolute atomic E-state index is 12.2. The van der Waals surface area contributed by atoms with Gasteiger partial charge in [-0.3, -0.25) is 9.59 Å². The Morgan fingerprint density at radius 2 is 2.08 bits per heavy atom. The van der Waals surface area contributed by atoms with Gasteiger partial charge in [0, 0.05) is 18.3 Å². The predicted molar refractivity (Wildman–Crippen MR) is 98.4 cm³/mol. The summed E-state index contributed by atoms with van der Waals surface area (Å²) in [5.41, 5.74) is 8.22. The standard InChI is InChI=1S/C17H20N4O2S/c1-4-8-21-13(18)9-14(22)20-17(21)24-10-15(23)19-16-11(2)6-5-7-12(16)3/h4-7,9H,1,8,10,18H2,2-3H3,(H,19,23). The van der Waals surface area contributed by atoms with Gasteiger partial charge in [0.2, 0.25) is 5.91 Å². The summed E-state index contributed by atoms with van der Waals surface area (Å²) in [5.74, 6) is 0.257. The van der Waals surface area contributed by atoms with E-state index in [1.54, 1.807) is 10.6 Å². The third-order valence-corrected chi connectivity index (χ3v) is 4.39. The summed E-state index contributed by atoms with van der Waals surface area (Å²) in [6.07, 6.45) is 1.66. The number of amides is 1. The average molecular weight is 344 g/mol. The average Bonchev–Trinajstić information content (AvgIpc) is 2.52. The lowest BCUT2D eigenvalue weighted by atomic mass is 10.1. The van der Waals surface area contributed by atoms with Crippen LogP contribution in [-0.4, -0.2) is 21.2 Å². The van der Waals surface area contributed by atoms with Crippen molar-refractivity contribution in [3.05, 3.63) is 58.4 Å². The van der Waals surface area contributed by atoms with E-state index in [2.05, 4.69) is 16.9 Å². The highest BCUT2D eigenvalue weighted by atomic mass is 32.2. The second kappa shape index (κ2) is 7.83. The Bertz CT molecular complexity index is 810. The zero-order chi connectivity index (χ0) is 17.7. The molecule has 0 aliphatic carbocycles. The largest absolute Gasteiger partial charge is 0.385 e. The number of para-hydroxylation sites is 1. The molecule has 0 atom stereocenters. The highest BCUT2D eigenvalue weighted by molar-refractivity contribution is 7.99. The zero-order valence-corrected chi connectivity index (χ0v) is 14.5. The highest BCUT2D eigenvalue weighted by Crippen LogP contribution is 2.21. The van der Waals surface area contributed by atoms with E-state index in [9.17, 15) is 9.59 Å². The maximum Gasteiger partial charge on any atom is 0.275 e. The van der Waals surface area contributed by atoms with Crippen molar-refractivity contribution < 1.29 is 4.79 Å². The Hall–Kier alpha value is -2.54. The number of anilines is 2. The lowest BCUT2D eigenvalue weighted by molar-refractivity contribution is -0.113. The number of hydrogen-bond acceptors (Lipinski definition) is 5. The van der Waals surface area contributed by atoms with Crippen LogP contribution in [0.2, 0.25) is 0 Å². The van der Waals surface area contributed by atoms with Crippen LogP contribution in [-0.2, 0) is 11.3 Å². The second-order valence-corrected chi connectivity index (χ2v) is 6.25. The fourth-order valence-corrected chi connectivity index (χ4v) is 3.06. The lowest BCUT2D eigenvalue weighted by Gasteiger charge is -2.14. The molecular weight excluding hydrogens is 324 g/mol. The second-order valence-electron chi connectivity index (χ2n) is 5.30. The molecule has 126 valence electrons. The monoisotopic (exact) mass is 344 g/mol. The minimum Gasteiger partial charge on any atom is -0.385 e. The van der Waals surface area contributed by atoms with Crippen molar-refractivity contribution in [1.29, 1.82) is 0 Å². The SMILES string of the molecule is C=CCn1c(N)cc(=O)nc1SCC(=O)Nc1c(C)cccc1C. The molecule has 0 bridgehead atoms. The third-order valence-electron chi connectivity index (χ3n) is 3.41. The van der Waals surface area contributed by atoms with Crippen LogP contribution in [0.15, 0.2) is 46.9 Å². The number of carbonyl (C=O) groups is 1. The smallest absolute Gasteiger partial charge is 0.275 e. The number of aryl methyl sites for hydroxylation is 2. The number of carbonyl (C=O) groups excluding carboxylic acids is 1. The lowest BCUT2D eigenvalue weighted by Crippen LogP contribution is -2.20. The topological polar surface area (TPSA) is 90.0 Å². The molecule has 0 radical (unpaired) electrons. The maximum atomic E-state index is 12.2. The number of nitrogens with zero attached hydrogens (tertiary/aromatic N) is 2. The molecule has 1 heterocycles. The summed E-state index contributed by atoms with van der Waals surface area (Å²) in [5, 5.41) is 3.30. The van der Waals surface area contributed by atoms with E-state index in [1.165, 1.54) is 17.8 Å². The molecular formula is C17H20N4O2S. The molecule has 0 saturated heterocycles. The van der Waals surface area contributed by atoms with E-state index >= 15 is 0 Å². The molecule has 2 aromatic rings. The van der Waals surface area contributed by atoms with Gasteiger partial charge in [-0.25, -0.2) is 0 Å². The van der Waals surface area contributed by atoms with E-state index in [1.807, 2.05) is 32.0 Å². The van der Waals surface area contributed by atoms with Gasteiger partial charge in [-0.05, 0) is 25.0 Å². The number of aromatic nitrogens is 2. The van der Waals surface area contributed by atoms with E-state index in [4.69, 9.17) is 5.73 Å². The Morgan fingerprint density at radius 1 is 1.42 bits per heavy atom. The van der Waals surface area contributed by atoms with Gasteiger partial charge in [0.05, 0.1) is 5.75 Å². The number of benzene rings is 1. The van der Waals surface area contributed by atoms with E-state index < -0.39 is 5.56 Å². The summed E-state index contributed by atoms with van der Waals surface area (Å²) in [6.45, 7) is 7.96. The molecule has 1 aromatic heterocycles. The van der Waals surface area contributed by atoms with Gasteiger partial charge in [0.1, 0.15) is 5.82 Å². The molecule has 0 aliphatic heterocycles. The van der Waals surface area contributed by atoms with Crippen molar-refractivity contribution in [3.8, 4) is 0 Å². The van der Waals surface area contributed by atoms with Crippen LogP contribution in [0.3, 0.4) is 0 Å². The van der Waals surface area contributed by atoms with Crippen LogP contribution >= 0.6 is 11.8 Å². The van der Waals surface area contributed by atoms with Crippen molar-refractivity contribution in [2.24, 2.45) is 0 Å². The van der Waals surface area contributed by atoms with E-state index in [0.717, 1.165) is 16.8 Å². The Morgan fingerprint density at radius 3 is 2.71 bits per heavy atom. The fourth-order valence-electron chi connectivity index (χ4n) is 2.24. The Kier molecular flexibility index (Phi) is 5.81. The van der Waals surface area contributed by atoms with Crippen LogP contribution in [0.1, 0.15) is 11.1 Å². The predicted octanol–water partition coefficient (Wildman–Crippen LogP) is 2.36. The molecule has 0 saturated carbocycles. The Labute approximate surface area is 144 Å². The van der Waals surface area contributed by atoms with Gasteiger partial charge >= 0.3 is 0 Å². The quantitative estimate of drug-likeness (QED) is 0.477. The van der Waals surface area contributed by atoms with Gasteiger partial charge in [-0.1, -0.05) is 36.0 Å². The first-order chi connectivity index (χ1) is 11.4. The van der Waals surface area contributed by atoms with Gasteiger partial charge < -0.3 is 15.6 Å². The summed E-state index contributed by atoms with van der Waals surface area (Å²) >= 11 is 1.17. The summed E-state index contributed by atoms with van der Waals surface area (Å²) in [7, 11) is 0. The van der Waals surface area contributed by atoms with Crippen LogP contribution in [0, 0.1) is 13.8 Å². The fraction of sp³-hybridized carbons (Fsp3) is 0.235. The first-order valence-corrected chi connectivity index (χ1v) is 8.38. The molecule has 0 aliphatic rings. The summed E-state index contributed by atoms with van der Waals surface area (Å²) in [4.78, 5) is 27.7. The molecule has 0 unspecified atom stereocenters. The summed E-state index contributed by atoms with van der Waals surface area (Å²) in [6, 6.07) is 7.08. The molecule has 0 fully saturated rings. The van der Waals surface area contributed by atoms with Crippen LogP contribution in [0.5, 0.6) is 0 Å². The van der Waals surface area contributed by atoms with Crippen molar-refractivity contribution in [3.63, 3.8) is 0 Å². The number of hydrogen-bond donors (Lipinski definition) is 2. The third kappa shape index (κ3) is 4.26. The number of nitrogens with two attached hydrogens (primary N) is 1. The summed E-state index contributed by atoms with van der Waals surface area (Å²) < 4.78 is 1.64. The zero-order valence-electron chi connectivity index (χ0n) is 13.7. The number of thioether (sulfide) groups is 1. The van der Waals surface area contributed by atoms with Crippen molar-refractivity contribution >= 4 is 29.2 Å². The van der Waals surface area contributed by atoms with Crippen molar-refractivity contribution in [1.82, 2.24) is 9.55 Å². The van der Waals surface area contributed by atoms with Gasteiger partial charge in [0.25, 0.3) is 5.56 Å². The molecule has 1 aromatic carbocycles. The molecule has 6 nitrogen and oxygen atoms in total. The highest BCUT2D eigenvalue weighted by Gasteiger charge is 2.12. The van der Waals surface area contributed by atoms with Gasteiger partial charge in [-0.2, -0.15) is 4.98 Å². The molecule has 7 heteroatoms. The molecule has 2 rings (SSSR count).